The summed E-state index contributed by atoms with van der Waals surface area (Å²) in [5, 5.41) is 0. The van der Waals surface area contributed by atoms with Gasteiger partial charge in [-0.15, -0.1) is 0 Å². The Bertz CT molecular complexity index is 55.8. The summed E-state index contributed by atoms with van der Waals surface area (Å²) in [4.78, 5) is 0. The number of hydrogen-bond acceptors (Lipinski definition) is 1. The van der Waals surface area contributed by atoms with E-state index < -0.39 is 0 Å². The summed E-state index contributed by atoms with van der Waals surface area (Å²) in [6, 6.07) is 0. The van der Waals surface area contributed by atoms with E-state index in [1.165, 1.54) is 0 Å². The standard InChI is InChI=1S/C3H4Br2O/c4-3(5)1-2-6-3/h1-2H2. The van der Waals surface area contributed by atoms with Gasteiger partial charge in [-0.05, 0) is 31.9 Å². The second kappa shape index (κ2) is 1.46. The Morgan fingerprint density at radius 3 is 1.83 bits per heavy atom. The Labute approximate surface area is 53.3 Å². The van der Waals surface area contributed by atoms with Crippen molar-refractivity contribution >= 4 is 31.9 Å². The Morgan fingerprint density at radius 2 is 1.83 bits per heavy atom. The zero-order valence-corrected chi connectivity index (χ0v) is 6.25. The molecule has 1 rings (SSSR count). The predicted molar refractivity (Wildman–Crippen MR) is 31.2 cm³/mol. The zero-order valence-electron chi connectivity index (χ0n) is 3.08. The predicted octanol–water partition coefficient (Wildman–Crippen LogP) is 1.85. The molecule has 1 heterocycles. The van der Waals surface area contributed by atoms with Crippen molar-refractivity contribution in [3.63, 3.8) is 0 Å². The highest BCUT2D eigenvalue weighted by atomic mass is 79.9. The van der Waals surface area contributed by atoms with Gasteiger partial charge in [0.1, 0.15) is 0 Å². The molecule has 0 aliphatic carbocycles. The molecule has 36 valence electrons. The molecule has 0 aromatic carbocycles. The average molecular weight is 216 g/mol. The third-order valence-corrected chi connectivity index (χ3v) is 1.96. The van der Waals surface area contributed by atoms with Crippen LogP contribution in [-0.4, -0.2) is 10.0 Å². The molecule has 0 bridgehead atoms. The molecule has 1 fully saturated rings. The van der Waals surface area contributed by atoms with Crippen molar-refractivity contribution in [3.05, 3.63) is 0 Å². The SMILES string of the molecule is BrC1(Br)CCO1. The van der Waals surface area contributed by atoms with E-state index in [0.29, 0.717) is 0 Å². The first-order valence-corrected chi connectivity index (χ1v) is 3.31. The van der Waals surface area contributed by atoms with Crippen molar-refractivity contribution in [1.82, 2.24) is 0 Å². The fraction of sp³-hybridized carbons (Fsp3) is 1.00. The summed E-state index contributed by atoms with van der Waals surface area (Å²) in [6.45, 7) is 0.872. The first kappa shape index (κ1) is 5.06. The highest BCUT2D eigenvalue weighted by Gasteiger charge is 2.31. The summed E-state index contributed by atoms with van der Waals surface area (Å²) in [5.41, 5.74) is 0. The van der Waals surface area contributed by atoms with Crippen LogP contribution in [0.3, 0.4) is 0 Å². The van der Waals surface area contributed by atoms with E-state index >= 15 is 0 Å². The molecule has 0 aromatic rings. The Morgan fingerprint density at radius 1 is 1.50 bits per heavy atom. The summed E-state index contributed by atoms with van der Waals surface area (Å²) in [7, 11) is 0. The summed E-state index contributed by atoms with van der Waals surface area (Å²) >= 11 is 6.52. The van der Waals surface area contributed by atoms with Crippen LogP contribution < -0.4 is 0 Å². The average Bonchev–Trinajstić information content (AvgIpc) is 1.32. The number of alkyl halides is 2. The fourth-order valence-corrected chi connectivity index (χ4v) is 0.904. The van der Waals surface area contributed by atoms with Gasteiger partial charge >= 0.3 is 0 Å². The quantitative estimate of drug-likeness (QED) is 0.561. The molecule has 0 radical (unpaired) electrons. The summed E-state index contributed by atoms with van der Waals surface area (Å²) in [6.07, 6.45) is 1.06. The molecule has 0 N–H and O–H groups in total. The van der Waals surface area contributed by atoms with Crippen LogP contribution in [0.25, 0.3) is 0 Å². The third-order valence-electron chi connectivity index (χ3n) is 0.706. The molecular formula is C3H4Br2O. The smallest absolute Gasteiger partial charge is 0.179 e. The van der Waals surface area contributed by atoms with Gasteiger partial charge in [0.25, 0.3) is 0 Å². The molecule has 0 spiro atoms. The molecule has 1 saturated heterocycles. The lowest BCUT2D eigenvalue weighted by Gasteiger charge is -2.29. The largest absolute Gasteiger partial charge is 0.353 e. The summed E-state index contributed by atoms with van der Waals surface area (Å²) < 4.78 is 4.80. The molecule has 0 amide bonds. The van der Waals surface area contributed by atoms with Gasteiger partial charge in [0.05, 0.1) is 6.61 Å². The van der Waals surface area contributed by atoms with Crippen LogP contribution in [-0.2, 0) is 4.74 Å². The third kappa shape index (κ3) is 0.950. The van der Waals surface area contributed by atoms with Gasteiger partial charge in [0.15, 0.2) is 3.42 Å². The minimum absolute atomic E-state index is 0.153. The van der Waals surface area contributed by atoms with E-state index in [0.717, 1.165) is 13.0 Å². The maximum atomic E-state index is 4.95. The molecule has 0 aromatic heterocycles. The van der Waals surface area contributed by atoms with Crippen LogP contribution in [0.15, 0.2) is 0 Å². The topological polar surface area (TPSA) is 9.23 Å². The lowest BCUT2D eigenvalue weighted by molar-refractivity contribution is -0.00505. The van der Waals surface area contributed by atoms with Crippen molar-refractivity contribution in [2.45, 2.75) is 9.84 Å². The number of ether oxygens (including phenoxy) is 1. The van der Waals surface area contributed by atoms with Gasteiger partial charge in [-0.25, -0.2) is 0 Å². The molecule has 3 heteroatoms. The zero-order chi connectivity index (χ0) is 4.62. The van der Waals surface area contributed by atoms with Gasteiger partial charge < -0.3 is 4.74 Å². The Kier molecular flexibility index (Phi) is 1.23. The lowest BCUT2D eigenvalue weighted by Crippen LogP contribution is -2.30. The molecule has 0 saturated carbocycles. The van der Waals surface area contributed by atoms with Gasteiger partial charge in [-0.1, -0.05) is 0 Å². The summed E-state index contributed by atoms with van der Waals surface area (Å²) in [5.74, 6) is 0. The van der Waals surface area contributed by atoms with Crippen LogP contribution in [0.5, 0.6) is 0 Å². The maximum absolute atomic E-state index is 4.95. The molecular weight excluding hydrogens is 212 g/mol. The van der Waals surface area contributed by atoms with Crippen molar-refractivity contribution in [1.29, 1.82) is 0 Å². The number of hydrogen-bond donors (Lipinski definition) is 0. The highest BCUT2D eigenvalue weighted by Crippen LogP contribution is 2.38. The molecule has 1 aliphatic heterocycles. The Balaban J connectivity index is 2.31. The van der Waals surface area contributed by atoms with E-state index in [9.17, 15) is 0 Å². The van der Waals surface area contributed by atoms with Crippen LogP contribution >= 0.6 is 31.9 Å². The van der Waals surface area contributed by atoms with Gasteiger partial charge in [0, 0.05) is 6.42 Å². The first-order valence-electron chi connectivity index (χ1n) is 1.72. The van der Waals surface area contributed by atoms with Crippen molar-refractivity contribution in [3.8, 4) is 0 Å². The number of rotatable bonds is 0. The number of halogens is 2. The van der Waals surface area contributed by atoms with Crippen LogP contribution in [0.2, 0.25) is 0 Å². The second-order valence-electron chi connectivity index (χ2n) is 1.24. The van der Waals surface area contributed by atoms with Crippen molar-refractivity contribution in [2.75, 3.05) is 6.61 Å². The van der Waals surface area contributed by atoms with Crippen LogP contribution in [0.1, 0.15) is 6.42 Å². The van der Waals surface area contributed by atoms with E-state index in [2.05, 4.69) is 31.9 Å². The molecule has 0 atom stereocenters. The second-order valence-corrected chi connectivity index (χ2v) is 4.86. The van der Waals surface area contributed by atoms with E-state index in [4.69, 9.17) is 4.74 Å². The van der Waals surface area contributed by atoms with Crippen LogP contribution in [0.4, 0.5) is 0 Å². The molecule has 6 heavy (non-hydrogen) atoms. The monoisotopic (exact) mass is 214 g/mol. The highest BCUT2D eigenvalue weighted by molar-refractivity contribution is 9.25. The minimum atomic E-state index is -0.153. The molecule has 0 unspecified atom stereocenters. The Hall–Kier alpha value is 0.920. The fourth-order valence-electron chi connectivity index (χ4n) is 0.256. The van der Waals surface area contributed by atoms with Crippen LogP contribution in [0, 0.1) is 0 Å². The lowest BCUT2D eigenvalue weighted by atomic mass is 10.4. The van der Waals surface area contributed by atoms with Gasteiger partial charge in [0.2, 0.25) is 0 Å². The first-order chi connectivity index (χ1) is 2.71. The maximum Gasteiger partial charge on any atom is 0.179 e. The molecule has 1 aliphatic rings. The minimum Gasteiger partial charge on any atom is -0.353 e. The van der Waals surface area contributed by atoms with Crippen molar-refractivity contribution < 1.29 is 4.74 Å². The van der Waals surface area contributed by atoms with E-state index in [-0.39, 0.29) is 3.42 Å². The molecule has 1 nitrogen and oxygen atoms in total. The van der Waals surface area contributed by atoms with E-state index in [1.54, 1.807) is 0 Å². The van der Waals surface area contributed by atoms with Gasteiger partial charge in [-0.3, -0.25) is 0 Å². The normalized spacial score (nSPS) is 29.0. The van der Waals surface area contributed by atoms with Gasteiger partial charge in [-0.2, -0.15) is 0 Å². The van der Waals surface area contributed by atoms with E-state index in [1.807, 2.05) is 0 Å². The van der Waals surface area contributed by atoms with Crippen molar-refractivity contribution in [2.24, 2.45) is 0 Å².